The lowest BCUT2D eigenvalue weighted by molar-refractivity contribution is -0.130. The van der Waals surface area contributed by atoms with Crippen molar-refractivity contribution in [3.05, 3.63) is 40.5 Å². The van der Waals surface area contributed by atoms with Crippen molar-refractivity contribution >= 4 is 11.5 Å². The first-order valence-electron chi connectivity index (χ1n) is 6.12. The lowest BCUT2D eigenvalue weighted by Crippen LogP contribution is -2.06. The maximum Gasteiger partial charge on any atom is 0.336 e. The molecule has 0 unspecified atom stereocenters. The SMILES string of the molecule is CC(C)=C(C(=O)O)c1ccc2c(c1)CCCC2. The Bertz CT molecular complexity index is 480. The van der Waals surface area contributed by atoms with Gasteiger partial charge in [0.2, 0.25) is 0 Å². The summed E-state index contributed by atoms with van der Waals surface area (Å²) in [4.78, 5) is 11.3. The Kier molecular flexibility index (Phi) is 3.32. The molecule has 0 saturated heterocycles. The minimum absolute atomic E-state index is 0.443. The van der Waals surface area contributed by atoms with Gasteiger partial charge in [-0.15, -0.1) is 0 Å². The van der Waals surface area contributed by atoms with Crippen molar-refractivity contribution in [3.63, 3.8) is 0 Å². The van der Waals surface area contributed by atoms with Gasteiger partial charge in [0.15, 0.2) is 0 Å². The van der Waals surface area contributed by atoms with E-state index in [0.29, 0.717) is 5.57 Å². The van der Waals surface area contributed by atoms with Crippen LogP contribution in [0.3, 0.4) is 0 Å². The number of benzene rings is 1. The van der Waals surface area contributed by atoms with Crippen LogP contribution in [0, 0.1) is 0 Å². The summed E-state index contributed by atoms with van der Waals surface area (Å²) in [5.74, 6) is -0.833. The topological polar surface area (TPSA) is 37.3 Å². The predicted octanol–water partition coefficient (Wildman–Crippen LogP) is 3.44. The van der Waals surface area contributed by atoms with Crippen molar-refractivity contribution < 1.29 is 9.90 Å². The molecule has 1 aromatic carbocycles. The van der Waals surface area contributed by atoms with Crippen molar-refractivity contribution in [2.75, 3.05) is 0 Å². The van der Waals surface area contributed by atoms with Crippen LogP contribution in [0.5, 0.6) is 0 Å². The second kappa shape index (κ2) is 4.74. The van der Waals surface area contributed by atoms with Crippen LogP contribution in [0.4, 0.5) is 0 Å². The summed E-state index contributed by atoms with van der Waals surface area (Å²) in [5.41, 5.74) is 4.86. The number of aliphatic carboxylic acids is 1. The predicted molar refractivity (Wildman–Crippen MR) is 69.0 cm³/mol. The molecule has 1 N–H and O–H groups in total. The largest absolute Gasteiger partial charge is 0.478 e. The van der Waals surface area contributed by atoms with E-state index in [2.05, 4.69) is 12.1 Å². The summed E-state index contributed by atoms with van der Waals surface area (Å²) in [5, 5.41) is 9.24. The van der Waals surface area contributed by atoms with Crippen LogP contribution in [0.2, 0.25) is 0 Å². The monoisotopic (exact) mass is 230 g/mol. The molecule has 0 bridgehead atoms. The lowest BCUT2D eigenvalue weighted by Gasteiger charge is -2.17. The Labute approximate surface area is 102 Å². The number of carboxylic acids is 1. The molecule has 0 amide bonds. The Morgan fingerprint density at radius 3 is 2.35 bits per heavy atom. The number of carboxylic acid groups (broad SMARTS) is 1. The maximum absolute atomic E-state index is 11.3. The van der Waals surface area contributed by atoms with Crippen LogP contribution in [0.15, 0.2) is 23.8 Å². The van der Waals surface area contributed by atoms with Crippen LogP contribution in [-0.4, -0.2) is 11.1 Å². The highest BCUT2D eigenvalue weighted by Crippen LogP contribution is 2.26. The molecule has 2 rings (SSSR count). The average Bonchev–Trinajstić information content (AvgIpc) is 2.28. The molecule has 0 atom stereocenters. The van der Waals surface area contributed by atoms with Gasteiger partial charge in [-0.1, -0.05) is 23.8 Å². The van der Waals surface area contributed by atoms with Gasteiger partial charge in [-0.25, -0.2) is 4.79 Å². The molecule has 0 aromatic heterocycles. The van der Waals surface area contributed by atoms with Gasteiger partial charge in [-0.2, -0.15) is 0 Å². The van der Waals surface area contributed by atoms with Crippen molar-refractivity contribution in [2.45, 2.75) is 39.5 Å². The third-order valence-electron chi connectivity index (χ3n) is 3.35. The van der Waals surface area contributed by atoms with E-state index in [4.69, 9.17) is 0 Å². The maximum atomic E-state index is 11.3. The fourth-order valence-electron chi connectivity index (χ4n) is 2.51. The van der Waals surface area contributed by atoms with Crippen molar-refractivity contribution in [1.82, 2.24) is 0 Å². The molecular formula is C15H18O2. The van der Waals surface area contributed by atoms with Gasteiger partial charge in [-0.3, -0.25) is 0 Å². The molecule has 17 heavy (non-hydrogen) atoms. The zero-order valence-corrected chi connectivity index (χ0v) is 10.4. The summed E-state index contributed by atoms with van der Waals surface area (Å²) in [6, 6.07) is 6.10. The molecule has 2 heteroatoms. The van der Waals surface area contributed by atoms with Crippen LogP contribution in [0.1, 0.15) is 43.4 Å². The van der Waals surface area contributed by atoms with E-state index in [1.54, 1.807) is 0 Å². The first-order chi connectivity index (χ1) is 8.09. The van der Waals surface area contributed by atoms with Crippen LogP contribution >= 0.6 is 0 Å². The quantitative estimate of drug-likeness (QED) is 0.790. The number of aryl methyl sites for hydroxylation is 2. The Morgan fingerprint density at radius 1 is 1.12 bits per heavy atom. The number of fused-ring (bicyclic) bond motifs is 1. The second-order valence-corrected chi connectivity index (χ2v) is 4.87. The normalized spacial score (nSPS) is 14.0. The molecule has 1 aliphatic carbocycles. The van der Waals surface area contributed by atoms with E-state index in [1.807, 2.05) is 19.9 Å². The highest BCUT2D eigenvalue weighted by Gasteiger charge is 2.15. The van der Waals surface area contributed by atoms with E-state index >= 15 is 0 Å². The van der Waals surface area contributed by atoms with Gasteiger partial charge >= 0.3 is 5.97 Å². The molecule has 0 fully saturated rings. The molecule has 0 aliphatic heterocycles. The molecular weight excluding hydrogens is 212 g/mol. The Balaban J connectivity index is 2.46. The summed E-state index contributed by atoms with van der Waals surface area (Å²) in [7, 11) is 0. The van der Waals surface area contributed by atoms with Crippen molar-refractivity contribution in [1.29, 1.82) is 0 Å². The molecule has 2 nitrogen and oxygen atoms in total. The molecule has 0 spiro atoms. The van der Waals surface area contributed by atoms with Crippen molar-refractivity contribution in [3.8, 4) is 0 Å². The van der Waals surface area contributed by atoms with Crippen LogP contribution in [-0.2, 0) is 17.6 Å². The first kappa shape index (κ1) is 11.9. The fourth-order valence-corrected chi connectivity index (χ4v) is 2.51. The van der Waals surface area contributed by atoms with Gasteiger partial charge < -0.3 is 5.11 Å². The Hall–Kier alpha value is -1.57. The van der Waals surface area contributed by atoms with E-state index < -0.39 is 5.97 Å². The average molecular weight is 230 g/mol. The standard InChI is InChI=1S/C15H18O2/c1-10(2)14(15(16)17)13-8-7-11-5-3-4-6-12(11)9-13/h7-9H,3-6H2,1-2H3,(H,16,17). The first-order valence-corrected chi connectivity index (χ1v) is 6.12. The van der Waals surface area contributed by atoms with Gasteiger partial charge in [-0.05, 0) is 56.2 Å². The smallest absolute Gasteiger partial charge is 0.336 e. The molecule has 90 valence electrons. The summed E-state index contributed by atoms with van der Waals surface area (Å²) in [6.45, 7) is 3.70. The number of hydrogen-bond donors (Lipinski definition) is 1. The fraction of sp³-hybridized carbons (Fsp3) is 0.400. The molecule has 0 heterocycles. The highest BCUT2D eigenvalue weighted by molar-refractivity contribution is 6.16. The summed E-state index contributed by atoms with van der Waals surface area (Å²) >= 11 is 0. The number of rotatable bonds is 2. The van der Waals surface area contributed by atoms with Gasteiger partial charge in [0, 0.05) is 0 Å². The Morgan fingerprint density at radius 2 is 1.76 bits per heavy atom. The molecule has 1 aliphatic rings. The zero-order chi connectivity index (χ0) is 12.4. The van der Waals surface area contributed by atoms with Crippen LogP contribution < -0.4 is 0 Å². The zero-order valence-electron chi connectivity index (χ0n) is 10.4. The minimum atomic E-state index is -0.833. The van der Waals surface area contributed by atoms with Crippen molar-refractivity contribution in [2.24, 2.45) is 0 Å². The van der Waals surface area contributed by atoms with Crippen LogP contribution in [0.25, 0.3) is 5.57 Å². The molecule has 0 radical (unpaired) electrons. The second-order valence-electron chi connectivity index (χ2n) is 4.87. The summed E-state index contributed by atoms with van der Waals surface area (Å²) in [6.07, 6.45) is 4.68. The number of hydrogen-bond acceptors (Lipinski definition) is 1. The van der Waals surface area contributed by atoms with E-state index in [1.165, 1.54) is 24.0 Å². The lowest BCUT2D eigenvalue weighted by atomic mass is 9.88. The van der Waals surface area contributed by atoms with Gasteiger partial charge in [0.05, 0.1) is 5.57 Å². The molecule has 1 aromatic rings. The number of carbonyl (C=O) groups is 1. The highest BCUT2D eigenvalue weighted by atomic mass is 16.4. The third kappa shape index (κ3) is 2.41. The molecule has 0 saturated carbocycles. The number of allylic oxidation sites excluding steroid dienone is 1. The van der Waals surface area contributed by atoms with E-state index in [9.17, 15) is 9.90 Å². The van der Waals surface area contributed by atoms with Gasteiger partial charge in [0.1, 0.15) is 0 Å². The summed E-state index contributed by atoms with van der Waals surface area (Å²) < 4.78 is 0. The van der Waals surface area contributed by atoms with E-state index in [-0.39, 0.29) is 0 Å². The van der Waals surface area contributed by atoms with Gasteiger partial charge in [0.25, 0.3) is 0 Å². The third-order valence-corrected chi connectivity index (χ3v) is 3.35. The minimum Gasteiger partial charge on any atom is -0.478 e. The van der Waals surface area contributed by atoms with E-state index in [0.717, 1.165) is 24.0 Å².